The molecule has 0 spiro atoms. The van der Waals surface area contributed by atoms with E-state index in [0.717, 1.165) is 5.56 Å². The van der Waals surface area contributed by atoms with Crippen molar-refractivity contribution in [2.45, 2.75) is 37.4 Å². The van der Waals surface area contributed by atoms with Gasteiger partial charge in [-0.25, -0.2) is 17.5 Å². The number of hydrogen-bond acceptors (Lipinski definition) is 5. The van der Waals surface area contributed by atoms with Gasteiger partial charge in [0.1, 0.15) is 17.7 Å². The maximum atomic E-state index is 14.5. The molecule has 3 aromatic rings. The summed E-state index contributed by atoms with van der Waals surface area (Å²) in [6, 6.07) is 20.5. The molecule has 1 amide bonds. The summed E-state index contributed by atoms with van der Waals surface area (Å²) in [4.78, 5) is 16.2. The highest BCUT2D eigenvalue weighted by Gasteiger charge is 2.29. The fourth-order valence-corrected chi connectivity index (χ4v) is 5.64. The summed E-state index contributed by atoms with van der Waals surface area (Å²) in [5.74, 6) is 0.0576. The van der Waals surface area contributed by atoms with E-state index >= 15 is 0 Å². The molecule has 0 aromatic heterocycles. The molecule has 0 radical (unpaired) electrons. The van der Waals surface area contributed by atoms with Crippen LogP contribution in [-0.4, -0.2) is 56.3 Å². The summed E-state index contributed by atoms with van der Waals surface area (Å²) in [6.07, 6.45) is 0.821. The summed E-state index contributed by atoms with van der Waals surface area (Å²) in [5.41, 5.74) is 2.08. The molecule has 39 heavy (non-hydrogen) atoms. The summed E-state index contributed by atoms with van der Waals surface area (Å²) >= 11 is 0. The molecule has 0 bridgehead atoms. The Kier molecular flexibility index (Phi) is 9.16. The average Bonchev–Trinajstić information content (AvgIpc) is 2.94. The number of halogens is 1. The number of benzene rings is 3. The minimum Gasteiger partial charge on any atom is -0.484 e. The van der Waals surface area contributed by atoms with Gasteiger partial charge in [-0.15, -0.1) is 0 Å². The van der Waals surface area contributed by atoms with Crippen molar-refractivity contribution in [1.82, 2.24) is 14.5 Å². The van der Waals surface area contributed by atoms with E-state index in [2.05, 4.69) is 16.2 Å². The van der Waals surface area contributed by atoms with Crippen LogP contribution in [0.25, 0.3) is 0 Å². The standard InChI is InChI=1S/C30H34FN3O4S/c1-4-30(35)34-17-16-33(20-23(34)3)21-29(25-11-10-22(2)28(31)18-25)38-26-12-14-27(15-13-26)39(36,37)32-19-24-8-6-5-7-9-24/h4-15,18,23,29,32H,1,16-17,19-21H2,2-3H3/t23-,29-/m1/s1. The second-order valence-corrected chi connectivity index (χ2v) is 11.5. The lowest BCUT2D eigenvalue weighted by atomic mass is 10.0. The summed E-state index contributed by atoms with van der Waals surface area (Å²) in [5, 5.41) is 0. The monoisotopic (exact) mass is 551 g/mol. The van der Waals surface area contributed by atoms with Crippen LogP contribution in [0.4, 0.5) is 4.39 Å². The smallest absolute Gasteiger partial charge is 0.246 e. The van der Waals surface area contributed by atoms with Crippen LogP contribution >= 0.6 is 0 Å². The lowest BCUT2D eigenvalue weighted by molar-refractivity contribution is -0.130. The minimum absolute atomic E-state index is 0.00692. The molecule has 2 atom stereocenters. The van der Waals surface area contributed by atoms with Gasteiger partial charge in [0.25, 0.3) is 0 Å². The van der Waals surface area contributed by atoms with Crippen molar-refractivity contribution in [3.63, 3.8) is 0 Å². The maximum absolute atomic E-state index is 14.5. The van der Waals surface area contributed by atoms with Crippen LogP contribution in [-0.2, 0) is 21.4 Å². The quantitative estimate of drug-likeness (QED) is 0.377. The number of aryl methyl sites for hydroxylation is 1. The predicted molar refractivity (Wildman–Crippen MR) is 149 cm³/mol. The molecular weight excluding hydrogens is 517 g/mol. The van der Waals surface area contributed by atoms with E-state index in [-0.39, 0.29) is 29.2 Å². The molecule has 1 fully saturated rings. The Morgan fingerprint density at radius 2 is 1.85 bits per heavy atom. The van der Waals surface area contributed by atoms with Gasteiger partial charge in [-0.1, -0.05) is 49.0 Å². The van der Waals surface area contributed by atoms with Crippen molar-refractivity contribution in [2.75, 3.05) is 26.2 Å². The Balaban J connectivity index is 1.48. The number of carbonyl (C=O) groups excluding carboxylic acids is 1. The van der Waals surface area contributed by atoms with Gasteiger partial charge in [0, 0.05) is 38.8 Å². The second-order valence-electron chi connectivity index (χ2n) is 9.74. The highest BCUT2D eigenvalue weighted by molar-refractivity contribution is 7.89. The Labute approximate surface area is 230 Å². The molecule has 4 rings (SSSR count). The minimum atomic E-state index is -3.71. The first-order valence-corrected chi connectivity index (χ1v) is 14.4. The fraction of sp³-hybridized carbons (Fsp3) is 0.300. The Hall–Kier alpha value is -3.53. The number of ether oxygens (including phenoxy) is 1. The van der Waals surface area contributed by atoms with E-state index in [0.29, 0.717) is 43.1 Å². The van der Waals surface area contributed by atoms with Crippen molar-refractivity contribution < 1.29 is 22.3 Å². The number of rotatable bonds is 10. The Bertz CT molecular complexity index is 1400. The van der Waals surface area contributed by atoms with Crippen LogP contribution < -0.4 is 9.46 Å². The topological polar surface area (TPSA) is 79.0 Å². The van der Waals surface area contributed by atoms with E-state index in [1.54, 1.807) is 30.0 Å². The van der Waals surface area contributed by atoms with Crippen LogP contribution in [0, 0.1) is 12.7 Å². The van der Waals surface area contributed by atoms with Gasteiger partial charge >= 0.3 is 0 Å². The van der Waals surface area contributed by atoms with E-state index in [1.165, 1.54) is 24.3 Å². The van der Waals surface area contributed by atoms with Crippen molar-refractivity contribution in [3.8, 4) is 5.75 Å². The maximum Gasteiger partial charge on any atom is 0.246 e. The van der Waals surface area contributed by atoms with Crippen LogP contribution in [0.2, 0.25) is 0 Å². The summed E-state index contributed by atoms with van der Waals surface area (Å²) in [6.45, 7) is 9.77. The van der Waals surface area contributed by atoms with Crippen LogP contribution in [0.15, 0.2) is 90.3 Å². The SMILES string of the molecule is C=CC(=O)N1CCN(C[C@@H](Oc2ccc(S(=O)(=O)NCc3ccccc3)cc2)c2ccc(C)c(F)c2)C[C@H]1C. The second kappa shape index (κ2) is 12.5. The van der Waals surface area contributed by atoms with Gasteiger partial charge in [0.15, 0.2) is 0 Å². The predicted octanol–water partition coefficient (Wildman–Crippen LogP) is 4.45. The van der Waals surface area contributed by atoms with Crippen molar-refractivity contribution in [3.05, 3.63) is 108 Å². The molecular formula is C30H34FN3O4S. The first-order valence-electron chi connectivity index (χ1n) is 12.9. The average molecular weight is 552 g/mol. The number of nitrogens with zero attached hydrogens (tertiary/aromatic N) is 2. The molecule has 1 heterocycles. The summed E-state index contributed by atoms with van der Waals surface area (Å²) < 4.78 is 49.0. The third-order valence-electron chi connectivity index (χ3n) is 6.88. The molecule has 1 aliphatic rings. The number of piperazine rings is 1. The third-order valence-corrected chi connectivity index (χ3v) is 8.30. The van der Waals surface area contributed by atoms with Gasteiger partial charge < -0.3 is 9.64 Å². The van der Waals surface area contributed by atoms with Gasteiger partial charge in [-0.05, 0) is 66.9 Å². The first-order chi connectivity index (χ1) is 18.7. The third kappa shape index (κ3) is 7.32. The van der Waals surface area contributed by atoms with Crippen molar-refractivity contribution in [1.29, 1.82) is 0 Å². The number of amides is 1. The largest absolute Gasteiger partial charge is 0.484 e. The molecule has 1 saturated heterocycles. The van der Waals surface area contributed by atoms with Gasteiger partial charge in [-0.2, -0.15) is 0 Å². The lowest BCUT2D eigenvalue weighted by Gasteiger charge is -2.40. The number of sulfonamides is 1. The van der Waals surface area contributed by atoms with Gasteiger partial charge in [0.2, 0.25) is 15.9 Å². The van der Waals surface area contributed by atoms with Gasteiger partial charge in [-0.3, -0.25) is 9.69 Å². The Morgan fingerprint density at radius 3 is 2.49 bits per heavy atom. The van der Waals surface area contributed by atoms with Crippen molar-refractivity contribution >= 4 is 15.9 Å². The number of hydrogen-bond donors (Lipinski definition) is 1. The van der Waals surface area contributed by atoms with Gasteiger partial charge in [0.05, 0.1) is 4.90 Å². The van der Waals surface area contributed by atoms with E-state index in [4.69, 9.17) is 4.74 Å². The molecule has 206 valence electrons. The van der Waals surface area contributed by atoms with E-state index in [9.17, 15) is 17.6 Å². The van der Waals surface area contributed by atoms with Crippen molar-refractivity contribution in [2.24, 2.45) is 0 Å². The van der Waals surface area contributed by atoms with E-state index in [1.807, 2.05) is 43.3 Å². The first kappa shape index (κ1) is 28.5. The molecule has 9 heteroatoms. The molecule has 0 unspecified atom stereocenters. The molecule has 3 aromatic carbocycles. The van der Waals surface area contributed by atoms with Crippen LogP contribution in [0.1, 0.15) is 29.7 Å². The molecule has 7 nitrogen and oxygen atoms in total. The summed E-state index contributed by atoms with van der Waals surface area (Å²) in [7, 11) is -3.71. The zero-order chi connectivity index (χ0) is 28.0. The fourth-order valence-electron chi connectivity index (χ4n) is 4.62. The molecule has 1 aliphatic heterocycles. The zero-order valence-corrected chi connectivity index (χ0v) is 23.0. The number of nitrogens with one attached hydrogen (secondary N) is 1. The lowest BCUT2D eigenvalue weighted by Crippen LogP contribution is -2.54. The Morgan fingerprint density at radius 1 is 1.13 bits per heavy atom. The molecule has 0 saturated carbocycles. The van der Waals surface area contributed by atoms with E-state index < -0.39 is 16.1 Å². The zero-order valence-electron chi connectivity index (χ0n) is 22.2. The number of carbonyl (C=O) groups is 1. The highest BCUT2D eigenvalue weighted by atomic mass is 32.2. The molecule has 1 N–H and O–H groups in total. The van der Waals surface area contributed by atoms with Crippen LogP contribution in [0.5, 0.6) is 5.75 Å². The molecule has 0 aliphatic carbocycles. The van der Waals surface area contributed by atoms with Crippen LogP contribution in [0.3, 0.4) is 0 Å². The highest BCUT2D eigenvalue weighted by Crippen LogP contribution is 2.27. The normalized spacial score (nSPS) is 17.0.